The van der Waals surface area contributed by atoms with Crippen LogP contribution in [0.25, 0.3) is 5.70 Å². The number of phenols is 1. The van der Waals surface area contributed by atoms with Crippen molar-refractivity contribution < 1.29 is 22.7 Å². The second-order valence-corrected chi connectivity index (χ2v) is 6.46. The first kappa shape index (κ1) is 17.8. The van der Waals surface area contributed by atoms with E-state index in [9.17, 15) is 17.9 Å². The fourth-order valence-corrected chi connectivity index (χ4v) is 2.76. The van der Waals surface area contributed by atoms with Crippen LogP contribution in [0.3, 0.4) is 0 Å². The molecule has 0 spiro atoms. The van der Waals surface area contributed by atoms with E-state index in [2.05, 4.69) is 16.8 Å². The summed E-state index contributed by atoms with van der Waals surface area (Å²) in [5, 5.41) is 9.67. The predicted octanol–water partition coefficient (Wildman–Crippen LogP) is 2.38. The standard InChI is InChI=1S/C16H17FN2O4S/c1-3-23-13-5-7-14(8-6-13)24(21,22)19-18-11(2)15-10-12(17)4-9-16(15)20/h4-10,18-20H,2-3H2,1H3. The van der Waals surface area contributed by atoms with Gasteiger partial charge in [0.2, 0.25) is 0 Å². The van der Waals surface area contributed by atoms with Crippen LogP contribution in [0.1, 0.15) is 12.5 Å². The second kappa shape index (κ2) is 7.33. The maximum absolute atomic E-state index is 13.2. The number of rotatable bonds is 7. The van der Waals surface area contributed by atoms with Gasteiger partial charge < -0.3 is 15.3 Å². The zero-order valence-corrected chi connectivity index (χ0v) is 13.7. The molecule has 0 bridgehead atoms. The van der Waals surface area contributed by atoms with Gasteiger partial charge in [0.05, 0.1) is 17.2 Å². The lowest BCUT2D eigenvalue weighted by Gasteiger charge is -2.13. The molecule has 2 aromatic carbocycles. The fraction of sp³-hybridized carbons (Fsp3) is 0.125. The highest BCUT2D eigenvalue weighted by Crippen LogP contribution is 2.23. The third-order valence-electron chi connectivity index (χ3n) is 3.07. The Labute approximate surface area is 139 Å². The number of hydrogen-bond donors (Lipinski definition) is 3. The monoisotopic (exact) mass is 352 g/mol. The summed E-state index contributed by atoms with van der Waals surface area (Å²) < 4.78 is 42.9. The molecular formula is C16H17FN2O4S. The summed E-state index contributed by atoms with van der Waals surface area (Å²) in [6.07, 6.45) is 0. The summed E-state index contributed by atoms with van der Waals surface area (Å²) in [5.41, 5.74) is 2.40. The maximum Gasteiger partial charge on any atom is 0.257 e. The third kappa shape index (κ3) is 4.24. The third-order valence-corrected chi connectivity index (χ3v) is 4.33. The van der Waals surface area contributed by atoms with Crippen LogP contribution >= 0.6 is 0 Å². The smallest absolute Gasteiger partial charge is 0.257 e. The number of halogens is 1. The van der Waals surface area contributed by atoms with E-state index in [4.69, 9.17) is 4.74 Å². The zero-order valence-electron chi connectivity index (χ0n) is 12.9. The summed E-state index contributed by atoms with van der Waals surface area (Å²) in [5.74, 6) is -0.257. The fourth-order valence-electron chi connectivity index (χ4n) is 1.89. The van der Waals surface area contributed by atoms with Crippen molar-refractivity contribution in [1.82, 2.24) is 10.3 Å². The van der Waals surface area contributed by atoms with Crippen molar-refractivity contribution in [3.05, 3.63) is 60.4 Å². The highest BCUT2D eigenvalue weighted by atomic mass is 32.2. The molecular weight excluding hydrogens is 335 g/mol. The normalized spacial score (nSPS) is 11.1. The van der Waals surface area contributed by atoms with Crippen LogP contribution in [0.15, 0.2) is 53.9 Å². The van der Waals surface area contributed by atoms with E-state index in [0.29, 0.717) is 12.4 Å². The molecule has 0 atom stereocenters. The van der Waals surface area contributed by atoms with E-state index in [1.165, 1.54) is 24.3 Å². The molecule has 6 nitrogen and oxygen atoms in total. The molecule has 3 N–H and O–H groups in total. The van der Waals surface area contributed by atoms with Crippen molar-refractivity contribution in [3.63, 3.8) is 0 Å². The van der Waals surface area contributed by atoms with E-state index in [0.717, 1.165) is 18.2 Å². The number of ether oxygens (including phenoxy) is 1. The van der Waals surface area contributed by atoms with Gasteiger partial charge in [-0.15, -0.1) is 4.83 Å². The second-order valence-electron chi connectivity index (χ2n) is 4.77. The lowest BCUT2D eigenvalue weighted by molar-refractivity contribution is 0.340. The van der Waals surface area contributed by atoms with Crippen LogP contribution in [0.4, 0.5) is 4.39 Å². The Morgan fingerprint density at radius 3 is 2.54 bits per heavy atom. The number of aromatic hydroxyl groups is 1. The molecule has 0 saturated heterocycles. The van der Waals surface area contributed by atoms with Crippen molar-refractivity contribution in [2.24, 2.45) is 0 Å². The molecule has 0 radical (unpaired) electrons. The Kier molecular flexibility index (Phi) is 5.42. The van der Waals surface area contributed by atoms with Crippen molar-refractivity contribution in [2.45, 2.75) is 11.8 Å². The van der Waals surface area contributed by atoms with E-state index >= 15 is 0 Å². The van der Waals surface area contributed by atoms with Crippen LogP contribution in [0.2, 0.25) is 0 Å². The number of hydrazine groups is 1. The quantitative estimate of drug-likeness (QED) is 0.666. The number of hydrogen-bond acceptors (Lipinski definition) is 5. The van der Waals surface area contributed by atoms with Gasteiger partial charge in [-0.3, -0.25) is 0 Å². The highest BCUT2D eigenvalue weighted by Gasteiger charge is 2.15. The molecule has 2 rings (SSSR count). The Morgan fingerprint density at radius 1 is 1.25 bits per heavy atom. The molecule has 0 fully saturated rings. The number of sulfonamides is 1. The Morgan fingerprint density at radius 2 is 1.92 bits per heavy atom. The van der Waals surface area contributed by atoms with Crippen LogP contribution in [-0.4, -0.2) is 20.1 Å². The van der Waals surface area contributed by atoms with E-state index in [1.54, 1.807) is 0 Å². The number of nitrogens with one attached hydrogen (secondary N) is 2. The minimum atomic E-state index is -3.87. The van der Waals surface area contributed by atoms with Gasteiger partial charge in [-0.25, -0.2) is 12.8 Å². The highest BCUT2D eigenvalue weighted by molar-refractivity contribution is 7.89. The molecule has 0 aromatic heterocycles. The largest absolute Gasteiger partial charge is 0.507 e. The van der Waals surface area contributed by atoms with Gasteiger partial charge in [-0.2, -0.15) is 0 Å². The summed E-state index contributed by atoms with van der Waals surface area (Å²) >= 11 is 0. The summed E-state index contributed by atoms with van der Waals surface area (Å²) in [7, 11) is -3.87. The van der Waals surface area contributed by atoms with Gasteiger partial charge in [-0.1, -0.05) is 6.58 Å². The maximum atomic E-state index is 13.2. The van der Waals surface area contributed by atoms with Gasteiger partial charge in [-0.05, 0) is 49.4 Å². The summed E-state index contributed by atoms with van der Waals surface area (Å²) in [6, 6.07) is 9.11. The van der Waals surface area contributed by atoms with Crippen LogP contribution in [0, 0.1) is 5.82 Å². The molecule has 0 heterocycles. The predicted molar refractivity (Wildman–Crippen MR) is 88.2 cm³/mol. The number of phenolic OH excluding ortho intramolecular Hbond substituents is 1. The molecule has 0 saturated carbocycles. The molecule has 0 aliphatic heterocycles. The van der Waals surface area contributed by atoms with Crippen molar-refractivity contribution >= 4 is 15.7 Å². The van der Waals surface area contributed by atoms with E-state index < -0.39 is 15.8 Å². The van der Waals surface area contributed by atoms with E-state index in [-0.39, 0.29) is 21.9 Å². The van der Waals surface area contributed by atoms with Gasteiger partial charge in [0.1, 0.15) is 17.3 Å². The average molecular weight is 352 g/mol. The van der Waals surface area contributed by atoms with Gasteiger partial charge in [0.25, 0.3) is 10.0 Å². The molecule has 0 unspecified atom stereocenters. The Bertz CT molecular complexity index is 836. The first-order valence-electron chi connectivity index (χ1n) is 7.02. The Balaban J connectivity index is 2.09. The number of benzene rings is 2. The molecule has 128 valence electrons. The van der Waals surface area contributed by atoms with Crippen LogP contribution < -0.4 is 15.0 Å². The van der Waals surface area contributed by atoms with Crippen molar-refractivity contribution in [1.29, 1.82) is 0 Å². The lowest BCUT2D eigenvalue weighted by atomic mass is 10.1. The van der Waals surface area contributed by atoms with Gasteiger partial charge in [0, 0.05) is 5.56 Å². The summed E-state index contributed by atoms with van der Waals surface area (Å²) in [6.45, 7) is 5.88. The Hall–Kier alpha value is -2.58. The van der Waals surface area contributed by atoms with Crippen molar-refractivity contribution in [3.8, 4) is 11.5 Å². The zero-order chi connectivity index (χ0) is 17.7. The molecule has 8 heteroatoms. The lowest BCUT2D eigenvalue weighted by Crippen LogP contribution is -2.35. The molecule has 24 heavy (non-hydrogen) atoms. The van der Waals surface area contributed by atoms with Crippen LogP contribution in [-0.2, 0) is 10.0 Å². The molecule has 0 aliphatic rings. The van der Waals surface area contributed by atoms with Gasteiger partial charge in [0.15, 0.2) is 0 Å². The summed E-state index contributed by atoms with van der Waals surface area (Å²) in [4.78, 5) is 2.13. The topological polar surface area (TPSA) is 87.7 Å². The molecule has 0 aliphatic carbocycles. The van der Waals surface area contributed by atoms with Crippen molar-refractivity contribution in [2.75, 3.05) is 6.61 Å². The minimum Gasteiger partial charge on any atom is -0.507 e. The molecule has 2 aromatic rings. The SMILES string of the molecule is C=C(NNS(=O)(=O)c1ccc(OCC)cc1)c1cc(F)ccc1O. The van der Waals surface area contributed by atoms with E-state index in [1.807, 2.05) is 6.92 Å². The van der Waals surface area contributed by atoms with Gasteiger partial charge >= 0.3 is 0 Å². The minimum absolute atomic E-state index is 0.00140. The first-order valence-corrected chi connectivity index (χ1v) is 8.50. The first-order chi connectivity index (χ1) is 11.3. The van der Waals surface area contributed by atoms with Crippen LogP contribution in [0.5, 0.6) is 11.5 Å². The molecule has 0 amide bonds. The average Bonchev–Trinajstić information content (AvgIpc) is 2.56.